The van der Waals surface area contributed by atoms with Crippen LogP contribution < -0.4 is 5.73 Å². The van der Waals surface area contributed by atoms with Gasteiger partial charge in [-0.05, 0) is 0 Å². The number of nitrogens with two attached hydrogens (primary N) is 1. The highest BCUT2D eigenvalue weighted by atomic mass is 32.1. The molecule has 0 spiro atoms. The zero-order valence-electron chi connectivity index (χ0n) is 6.12. The van der Waals surface area contributed by atoms with Gasteiger partial charge in [-0.1, -0.05) is 0 Å². The average Bonchev–Trinajstić information content (AvgIpc) is 2.39. The Labute approximate surface area is 69.2 Å². The van der Waals surface area contributed by atoms with Gasteiger partial charge in [0.1, 0.15) is 5.01 Å². The van der Waals surface area contributed by atoms with Gasteiger partial charge in [0.05, 0.1) is 18.6 Å². The molecule has 0 aromatic carbocycles. The first-order valence-corrected chi connectivity index (χ1v) is 4.43. The van der Waals surface area contributed by atoms with E-state index >= 15 is 0 Å². The summed E-state index contributed by atoms with van der Waals surface area (Å²) >= 11 is 1.66. The van der Waals surface area contributed by atoms with Crippen molar-refractivity contribution in [2.24, 2.45) is 5.73 Å². The number of aromatic nitrogens is 1. The largest absolute Gasteiger partial charge is 0.379 e. The Kier molecular flexibility index (Phi) is 1.67. The minimum absolute atomic E-state index is 0.0498. The molecular weight excluding hydrogens is 160 g/mol. The molecule has 0 unspecified atom stereocenters. The van der Waals surface area contributed by atoms with Gasteiger partial charge in [-0.3, -0.25) is 0 Å². The Morgan fingerprint density at radius 2 is 2.55 bits per heavy atom. The van der Waals surface area contributed by atoms with Crippen LogP contribution in [0.2, 0.25) is 0 Å². The van der Waals surface area contributed by atoms with E-state index in [0.29, 0.717) is 6.54 Å². The highest BCUT2D eigenvalue weighted by Gasteiger charge is 2.41. The number of thiazole rings is 1. The molecule has 3 nitrogen and oxygen atoms in total. The van der Waals surface area contributed by atoms with Crippen LogP contribution in [0.3, 0.4) is 0 Å². The van der Waals surface area contributed by atoms with Crippen LogP contribution in [-0.4, -0.2) is 24.7 Å². The molecule has 0 amide bonds. The summed E-state index contributed by atoms with van der Waals surface area (Å²) in [4.78, 5) is 4.24. The number of hydrogen-bond donors (Lipinski definition) is 1. The minimum Gasteiger partial charge on any atom is -0.379 e. The summed E-state index contributed by atoms with van der Waals surface area (Å²) in [5.41, 5.74) is 5.70. The smallest absolute Gasteiger partial charge is 0.105 e. The molecule has 1 aliphatic rings. The minimum atomic E-state index is 0.0498. The van der Waals surface area contributed by atoms with E-state index in [9.17, 15) is 0 Å². The summed E-state index contributed by atoms with van der Waals surface area (Å²) < 4.78 is 5.14. The van der Waals surface area contributed by atoms with Gasteiger partial charge in [0, 0.05) is 18.1 Å². The van der Waals surface area contributed by atoms with Gasteiger partial charge in [-0.15, -0.1) is 11.3 Å². The Balaban J connectivity index is 2.25. The average molecular weight is 170 g/mol. The van der Waals surface area contributed by atoms with Crippen LogP contribution in [0.1, 0.15) is 5.01 Å². The van der Waals surface area contributed by atoms with E-state index in [0.717, 1.165) is 18.2 Å². The number of ether oxygens (including phenoxy) is 1. The highest BCUT2D eigenvalue weighted by Crippen LogP contribution is 2.32. The van der Waals surface area contributed by atoms with E-state index in [1.54, 1.807) is 11.3 Å². The topological polar surface area (TPSA) is 48.1 Å². The lowest BCUT2D eigenvalue weighted by molar-refractivity contribution is -0.0550. The zero-order valence-corrected chi connectivity index (χ0v) is 6.93. The van der Waals surface area contributed by atoms with Gasteiger partial charge >= 0.3 is 0 Å². The third kappa shape index (κ3) is 0.982. The van der Waals surface area contributed by atoms with Gasteiger partial charge in [0.2, 0.25) is 0 Å². The molecule has 2 rings (SSSR count). The molecule has 4 heteroatoms. The quantitative estimate of drug-likeness (QED) is 0.697. The summed E-state index contributed by atoms with van der Waals surface area (Å²) in [5.74, 6) is 0. The van der Waals surface area contributed by atoms with Crippen molar-refractivity contribution >= 4 is 11.3 Å². The molecule has 1 saturated heterocycles. The fraction of sp³-hybridized carbons (Fsp3) is 0.571. The normalized spacial score (nSPS) is 21.2. The maximum absolute atomic E-state index is 5.65. The predicted molar refractivity (Wildman–Crippen MR) is 43.7 cm³/mol. The highest BCUT2D eigenvalue weighted by molar-refractivity contribution is 7.09. The Bertz CT molecular complexity index is 225. The molecule has 0 radical (unpaired) electrons. The molecular formula is C7H10N2OS. The molecule has 0 bridgehead atoms. The van der Waals surface area contributed by atoms with Crippen molar-refractivity contribution in [3.63, 3.8) is 0 Å². The molecule has 1 fully saturated rings. The van der Waals surface area contributed by atoms with Crippen molar-refractivity contribution in [2.45, 2.75) is 5.41 Å². The molecule has 1 aromatic heterocycles. The monoisotopic (exact) mass is 170 g/mol. The molecule has 1 aromatic rings. The maximum atomic E-state index is 5.65. The lowest BCUT2D eigenvalue weighted by atomic mass is 9.87. The van der Waals surface area contributed by atoms with E-state index in [1.165, 1.54) is 0 Å². The van der Waals surface area contributed by atoms with Gasteiger partial charge in [-0.25, -0.2) is 4.98 Å². The van der Waals surface area contributed by atoms with E-state index in [-0.39, 0.29) is 5.41 Å². The van der Waals surface area contributed by atoms with Crippen molar-refractivity contribution in [3.8, 4) is 0 Å². The van der Waals surface area contributed by atoms with E-state index in [4.69, 9.17) is 10.5 Å². The van der Waals surface area contributed by atoms with E-state index < -0.39 is 0 Å². The summed E-state index contributed by atoms with van der Waals surface area (Å²) in [7, 11) is 0. The molecule has 0 aliphatic carbocycles. The summed E-state index contributed by atoms with van der Waals surface area (Å²) in [6.07, 6.45) is 1.82. The van der Waals surface area contributed by atoms with Crippen molar-refractivity contribution in [1.82, 2.24) is 4.98 Å². The second kappa shape index (κ2) is 2.55. The first kappa shape index (κ1) is 7.21. The second-order valence-corrected chi connectivity index (χ2v) is 3.71. The van der Waals surface area contributed by atoms with Gasteiger partial charge in [-0.2, -0.15) is 0 Å². The summed E-state index contributed by atoms with van der Waals surface area (Å²) in [5, 5.41) is 3.09. The number of nitrogens with zero attached hydrogens (tertiary/aromatic N) is 1. The lowest BCUT2D eigenvalue weighted by Crippen LogP contribution is -2.52. The fourth-order valence-electron chi connectivity index (χ4n) is 1.16. The first-order valence-electron chi connectivity index (χ1n) is 3.55. The third-order valence-electron chi connectivity index (χ3n) is 2.03. The molecule has 0 saturated carbocycles. The van der Waals surface area contributed by atoms with Crippen LogP contribution in [0.25, 0.3) is 0 Å². The number of rotatable bonds is 2. The SMILES string of the molecule is NCC1(c2nccs2)COC1. The van der Waals surface area contributed by atoms with Crippen LogP contribution in [0.4, 0.5) is 0 Å². The molecule has 60 valence electrons. The molecule has 2 N–H and O–H groups in total. The van der Waals surface area contributed by atoms with Crippen LogP contribution in [0.15, 0.2) is 11.6 Å². The summed E-state index contributed by atoms with van der Waals surface area (Å²) in [6, 6.07) is 0. The van der Waals surface area contributed by atoms with Crippen LogP contribution in [0.5, 0.6) is 0 Å². The van der Waals surface area contributed by atoms with Crippen molar-refractivity contribution in [2.75, 3.05) is 19.8 Å². The predicted octanol–water partition coefficient (Wildman–Crippen LogP) is 0.370. The molecule has 2 heterocycles. The van der Waals surface area contributed by atoms with Crippen molar-refractivity contribution in [3.05, 3.63) is 16.6 Å². The second-order valence-electron chi connectivity index (χ2n) is 2.81. The summed E-state index contributed by atoms with van der Waals surface area (Å²) in [6.45, 7) is 2.11. The Morgan fingerprint density at radius 1 is 1.73 bits per heavy atom. The maximum Gasteiger partial charge on any atom is 0.105 e. The Morgan fingerprint density at radius 3 is 2.91 bits per heavy atom. The zero-order chi connectivity index (χ0) is 7.73. The fourth-order valence-corrected chi connectivity index (χ4v) is 1.99. The van der Waals surface area contributed by atoms with E-state index in [2.05, 4.69) is 4.98 Å². The van der Waals surface area contributed by atoms with Crippen LogP contribution >= 0.6 is 11.3 Å². The van der Waals surface area contributed by atoms with Gasteiger partial charge in [0.25, 0.3) is 0 Å². The van der Waals surface area contributed by atoms with Crippen molar-refractivity contribution in [1.29, 1.82) is 0 Å². The number of hydrogen-bond acceptors (Lipinski definition) is 4. The first-order chi connectivity index (χ1) is 5.37. The third-order valence-corrected chi connectivity index (χ3v) is 3.05. The lowest BCUT2D eigenvalue weighted by Gasteiger charge is -2.38. The molecule has 11 heavy (non-hydrogen) atoms. The van der Waals surface area contributed by atoms with E-state index in [1.807, 2.05) is 11.6 Å². The van der Waals surface area contributed by atoms with Gasteiger partial charge < -0.3 is 10.5 Å². The van der Waals surface area contributed by atoms with Gasteiger partial charge in [0.15, 0.2) is 0 Å². The van der Waals surface area contributed by atoms with Crippen LogP contribution in [0, 0.1) is 0 Å². The standard InChI is InChI=1S/C7H10N2OS/c8-3-7(4-10-5-7)6-9-1-2-11-6/h1-2H,3-5,8H2. The molecule has 0 atom stereocenters. The van der Waals surface area contributed by atoms with Crippen molar-refractivity contribution < 1.29 is 4.74 Å². The Hall–Kier alpha value is -0.450. The molecule has 1 aliphatic heterocycles. The van der Waals surface area contributed by atoms with Crippen LogP contribution in [-0.2, 0) is 10.2 Å².